The van der Waals surface area contributed by atoms with Crippen LogP contribution in [0.1, 0.15) is 39.5 Å². The molecule has 0 aromatic rings. The summed E-state index contributed by atoms with van der Waals surface area (Å²) in [5, 5.41) is 3.34. The Kier molecular flexibility index (Phi) is 5.03. The summed E-state index contributed by atoms with van der Waals surface area (Å²) >= 11 is 0. The second kappa shape index (κ2) is 5.83. The average Bonchev–Trinajstić information content (AvgIpc) is 2.27. The number of nitrogens with two attached hydrogens (primary N) is 1. The van der Waals surface area contributed by atoms with Gasteiger partial charge in [-0.05, 0) is 25.3 Å². The lowest BCUT2D eigenvalue weighted by molar-refractivity contribution is -0.0958. The van der Waals surface area contributed by atoms with Crippen LogP contribution in [0.15, 0.2) is 0 Å². The van der Waals surface area contributed by atoms with E-state index in [4.69, 9.17) is 10.5 Å². The molecule has 3 unspecified atom stereocenters. The van der Waals surface area contributed by atoms with E-state index in [1.54, 1.807) is 0 Å². The predicted molar refractivity (Wildman–Crippen MR) is 63.9 cm³/mol. The standard InChI is InChI=1S/C12H26N2O/c1-4-6-10(5-2)12(15-3)7-8-14-9-11(12)13/h10-11,14H,4-9,13H2,1-3H3. The maximum absolute atomic E-state index is 6.24. The van der Waals surface area contributed by atoms with E-state index in [1.807, 2.05) is 7.11 Å². The second-order valence-electron chi connectivity index (χ2n) is 4.61. The normalized spacial score (nSPS) is 34.0. The Morgan fingerprint density at radius 3 is 2.73 bits per heavy atom. The fourth-order valence-electron chi connectivity index (χ4n) is 2.97. The van der Waals surface area contributed by atoms with Crippen molar-refractivity contribution >= 4 is 0 Å². The molecule has 0 aromatic heterocycles. The van der Waals surface area contributed by atoms with Crippen LogP contribution in [0, 0.1) is 5.92 Å². The van der Waals surface area contributed by atoms with Crippen LogP contribution >= 0.6 is 0 Å². The Bertz CT molecular complexity index is 186. The highest BCUT2D eigenvalue weighted by molar-refractivity contribution is 5.00. The van der Waals surface area contributed by atoms with Crippen LogP contribution in [0.2, 0.25) is 0 Å². The van der Waals surface area contributed by atoms with Crippen LogP contribution < -0.4 is 11.1 Å². The van der Waals surface area contributed by atoms with Gasteiger partial charge in [0, 0.05) is 19.7 Å². The van der Waals surface area contributed by atoms with Gasteiger partial charge in [0.15, 0.2) is 0 Å². The van der Waals surface area contributed by atoms with Crippen molar-refractivity contribution in [1.82, 2.24) is 5.32 Å². The van der Waals surface area contributed by atoms with Crippen molar-refractivity contribution in [2.45, 2.75) is 51.2 Å². The summed E-state index contributed by atoms with van der Waals surface area (Å²) in [6.07, 6.45) is 4.64. The quantitative estimate of drug-likeness (QED) is 0.729. The van der Waals surface area contributed by atoms with Gasteiger partial charge in [-0.15, -0.1) is 0 Å². The molecule has 1 aliphatic heterocycles. The molecule has 0 amide bonds. The monoisotopic (exact) mass is 214 g/mol. The van der Waals surface area contributed by atoms with E-state index in [2.05, 4.69) is 19.2 Å². The van der Waals surface area contributed by atoms with Crippen LogP contribution in [0.3, 0.4) is 0 Å². The number of piperidine rings is 1. The van der Waals surface area contributed by atoms with E-state index in [0.29, 0.717) is 5.92 Å². The maximum Gasteiger partial charge on any atom is 0.0881 e. The lowest BCUT2D eigenvalue weighted by Gasteiger charge is -2.46. The minimum absolute atomic E-state index is 0.0873. The first-order chi connectivity index (χ1) is 7.21. The Balaban J connectivity index is 2.78. The first-order valence-electron chi connectivity index (χ1n) is 6.22. The Labute approximate surface area is 93.8 Å². The highest BCUT2D eigenvalue weighted by atomic mass is 16.5. The van der Waals surface area contributed by atoms with Gasteiger partial charge in [-0.1, -0.05) is 26.7 Å². The molecule has 90 valence electrons. The summed E-state index contributed by atoms with van der Waals surface area (Å²) in [5.74, 6) is 0.601. The van der Waals surface area contributed by atoms with E-state index in [1.165, 1.54) is 12.8 Å². The molecule has 0 spiro atoms. The third-order valence-corrected chi connectivity index (χ3v) is 3.89. The summed E-state index contributed by atoms with van der Waals surface area (Å²) in [5.41, 5.74) is 6.16. The highest BCUT2D eigenvalue weighted by Gasteiger charge is 2.44. The fourth-order valence-corrected chi connectivity index (χ4v) is 2.97. The van der Waals surface area contributed by atoms with Crippen LogP contribution in [0.5, 0.6) is 0 Å². The zero-order valence-corrected chi connectivity index (χ0v) is 10.4. The highest BCUT2D eigenvalue weighted by Crippen LogP contribution is 2.35. The molecule has 1 fully saturated rings. The molecule has 15 heavy (non-hydrogen) atoms. The molecule has 3 nitrogen and oxygen atoms in total. The second-order valence-corrected chi connectivity index (χ2v) is 4.61. The molecular formula is C12H26N2O. The molecule has 3 N–H and O–H groups in total. The van der Waals surface area contributed by atoms with E-state index in [9.17, 15) is 0 Å². The molecule has 0 aromatic carbocycles. The number of hydrogen-bond donors (Lipinski definition) is 2. The van der Waals surface area contributed by atoms with Crippen molar-refractivity contribution in [2.24, 2.45) is 11.7 Å². The molecule has 0 radical (unpaired) electrons. The van der Waals surface area contributed by atoms with Crippen LogP contribution in [-0.2, 0) is 4.74 Å². The Morgan fingerprint density at radius 2 is 2.27 bits per heavy atom. The summed E-state index contributed by atoms with van der Waals surface area (Å²) in [6.45, 7) is 6.39. The molecule has 1 heterocycles. The van der Waals surface area contributed by atoms with Crippen LogP contribution in [0.25, 0.3) is 0 Å². The topological polar surface area (TPSA) is 47.3 Å². The summed E-state index contributed by atoms with van der Waals surface area (Å²) in [4.78, 5) is 0. The van der Waals surface area contributed by atoms with E-state index in [-0.39, 0.29) is 11.6 Å². The molecule has 0 aliphatic carbocycles. The molecule has 3 heteroatoms. The minimum Gasteiger partial charge on any atom is -0.376 e. The smallest absolute Gasteiger partial charge is 0.0881 e. The predicted octanol–water partition coefficient (Wildman–Crippen LogP) is 1.52. The van der Waals surface area contributed by atoms with Gasteiger partial charge in [-0.3, -0.25) is 0 Å². The Hall–Kier alpha value is -0.120. The number of nitrogens with one attached hydrogen (secondary N) is 1. The van der Waals surface area contributed by atoms with E-state index < -0.39 is 0 Å². The third-order valence-electron chi connectivity index (χ3n) is 3.89. The number of methoxy groups -OCH3 is 1. The van der Waals surface area contributed by atoms with Gasteiger partial charge < -0.3 is 15.8 Å². The Morgan fingerprint density at radius 1 is 1.53 bits per heavy atom. The van der Waals surface area contributed by atoms with Gasteiger partial charge in [0.05, 0.1) is 5.60 Å². The maximum atomic E-state index is 6.24. The zero-order valence-electron chi connectivity index (χ0n) is 10.4. The lowest BCUT2D eigenvalue weighted by atomic mass is 9.73. The molecule has 3 atom stereocenters. The molecule has 1 rings (SSSR count). The van der Waals surface area contributed by atoms with Crippen molar-refractivity contribution in [3.63, 3.8) is 0 Å². The van der Waals surface area contributed by atoms with E-state index in [0.717, 1.165) is 25.9 Å². The van der Waals surface area contributed by atoms with Crippen molar-refractivity contribution in [1.29, 1.82) is 0 Å². The van der Waals surface area contributed by atoms with Crippen molar-refractivity contribution in [3.05, 3.63) is 0 Å². The van der Waals surface area contributed by atoms with Gasteiger partial charge in [0.25, 0.3) is 0 Å². The van der Waals surface area contributed by atoms with Crippen molar-refractivity contribution < 1.29 is 4.74 Å². The van der Waals surface area contributed by atoms with Gasteiger partial charge in [0.2, 0.25) is 0 Å². The molecular weight excluding hydrogens is 188 g/mol. The first-order valence-corrected chi connectivity index (χ1v) is 6.22. The van der Waals surface area contributed by atoms with Gasteiger partial charge in [-0.25, -0.2) is 0 Å². The fraction of sp³-hybridized carbons (Fsp3) is 1.00. The number of rotatable bonds is 5. The first kappa shape index (κ1) is 12.9. The number of ether oxygens (including phenoxy) is 1. The van der Waals surface area contributed by atoms with Crippen LogP contribution in [0.4, 0.5) is 0 Å². The van der Waals surface area contributed by atoms with Gasteiger partial charge in [0.1, 0.15) is 0 Å². The molecule has 0 bridgehead atoms. The SMILES string of the molecule is CCCC(CC)C1(OC)CCNCC1N. The average molecular weight is 214 g/mol. The van der Waals surface area contributed by atoms with Gasteiger partial charge >= 0.3 is 0 Å². The zero-order chi connectivity index (χ0) is 11.3. The number of hydrogen-bond acceptors (Lipinski definition) is 3. The summed E-state index contributed by atoms with van der Waals surface area (Å²) in [6, 6.07) is 0.132. The molecule has 1 saturated heterocycles. The van der Waals surface area contributed by atoms with Crippen LogP contribution in [-0.4, -0.2) is 31.8 Å². The van der Waals surface area contributed by atoms with E-state index >= 15 is 0 Å². The minimum atomic E-state index is -0.0873. The third kappa shape index (κ3) is 2.52. The molecule has 1 aliphatic rings. The van der Waals surface area contributed by atoms with Crippen molar-refractivity contribution in [3.8, 4) is 0 Å². The van der Waals surface area contributed by atoms with Crippen molar-refractivity contribution in [2.75, 3.05) is 20.2 Å². The molecule has 0 saturated carbocycles. The van der Waals surface area contributed by atoms with Gasteiger partial charge in [-0.2, -0.15) is 0 Å². The summed E-state index contributed by atoms with van der Waals surface area (Å²) < 4.78 is 5.83. The lowest BCUT2D eigenvalue weighted by Crippen LogP contribution is -2.62. The summed E-state index contributed by atoms with van der Waals surface area (Å²) in [7, 11) is 1.82. The largest absolute Gasteiger partial charge is 0.376 e.